The second-order valence-electron chi connectivity index (χ2n) is 1.41. The first-order chi connectivity index (χ1) is 4.04. The first-order valence-electron chi connectivity index (χ1n) is 2.16. The molecule has 9 heavy (non-hydrogen) atoms. The van der Waals surface area contributed by atoms with E-state index in [2.05, 4.69) is 4.99 Å². The van der Waals surface area contributed by atoms with Crippen molar-refractivity contribution in [3.63, 3.8) is 0 Å². The maximum atomic E-state index is 9.85. The summed E-state index contributed by atoms with van der Waals surface area (Å²) in [6, 6.07) is 0. The minimum atomic E-state index is -1.38. The molecule has 0 aliphatic heterocycles. The van der Waals surface area contributed by atoms with Crippen LogP contribution in [0.1, 0.15) is 6.92 Å². The monoisotopic (exact) mass is 129 g/mol. The molecule has 0 aromatic heterocycles. The van der Waals surface area contributed by atoms with E-state index >= 15 is 0 Å². The van der Waals surface area contributed by atoms with Crippen molar-refractivity contribution >= 4 is 17.6 Å². The SMILES string of the molecule is CC(N)=NC(=N)C(=O)O. The van der Waals surface area contributed by atoms with Crippen LogP contribution in [0.3, 0.4) is 0 Å². The maximum Gasteiger partial charge on any atom is 0.373 e. The molecule has 0 aliphatic rings. The number of carboxylic acid groups (broad SMARTS) is 1. The van der Waals surface area contributed by atoms with E-state index in [1.54, 1.807) is 0 Å². The Hall–Kier alpha value is -1.39. The first kappa shape index (κ1) is 7.61. The number of carboxylic acids is 1. The van der Waals surface area contributed by atoms with Crippen molar-refractivity contribution in [1.82, 2.24) is 0 Å². The van der Waals surface area contributed by atoms with Gasteiger partial charge in [0.25, 0.3) is 0 Å². The molecular weight excluding hydrogens is 122 g/mol. The third-order valence-corrected chi connectivity index (χ3v) is 0.491. The van der Waals surface area contributed by atoms with Crippen molar-refractivity contribution < 1.29 is 9.90 Å². The number of carbonyl (C=O) groups is 1. The molecule has 5 heteroatoms. The average molecular weight is 129 g/mol. The third-order valence-electron chi connectivity index (χ3n) is 0.491. The summed E-state index contributed by atoms with van der Waals surface area (Å²) in [7, 11) is 0. The molecule has 0 spiro atoms. The number of hydrogen-bond acceptors (Lipinski definition) is 2. The van der Waals surface area contributed by atoms with E-state index in [0.717, 1.165) is 0 Å². The molecule has 4 N–H and O–H groups in total. The van der Waals surface area contributed by atoms with Gasteiger partial charge in [0, 0.05) is 0 Å². The van der Waals surface area contributed by atoms with Crippen molar-refractivity contribution in [3.8, 4) is 0 Å². The highest BCUT2D eigenvalue weighted by Crippen LogP contribution is 1.75. The zero-order valence-electron chi connectivity index (χ0n) is 4.88. The molecule has 0 aromatic rings. The molecule has 0 aliphatic carbocycles. The van der Waals surface area contributed by atoms with Gasteiger partial charge in [-0.1, -0.05) is 0 Å². The number of nitrogens with two attached hydrogens (primary N) is 1. The second kappa shape index (κ2) is 2.81. The molecule has 0 radical (unpaired) electrons. The molecule has 0 amide bonds. The highest BCUT2D eigenvalue weighted by molar-refractivity contribution is 6.35. The van der Waals surface area contributed by atoms with Crippen molar-refractivity contribution in [2.75, 3.05) is 0 Å². The number of rotatable bonds is 0. The topological polar surface area (TPSA) is 99.5 Å². The summed E-state index contributed by atoms with van der Waals surface area (Å²) in [5.74, 6) is -2.04. The number of nitrogens with zero attached hydrogens (tertiary/aromatic N) is 1. The van der Waals surface area contributed by atoms with Gasteiger partial charge in [0.05, 0.1) is 5.84 Å². The van der Waals surface area contributed by atoms with Gasteiger partial charge in [0.2, 0.25) is 5.84 Å². The maximum absolute atomic E-state index is 9.85. The summed E-state index contributed by atoms with van der Waals surface area (Å²) >= 11 is 0. The molecule has 0 heterocycles. The Morgan fingerprint density at radius 2 is 2.22 bits per heavy atom. The number of aliphatic imine (C=N–C) groups is 1. The summed E-state index contributed by atoms with van der Waals surface area (Å²) in [5, 5.41) is 14.7. The van der Waals surface area contributed by atoms with Crippen LogP contribution in [0.4, 0.5) is 0 Å². The predicted octanol–water partition coefficient (Wildman–Crippen LogP) is -0.575. The second-order valence-corrected chi connectivity index (χ2v) is 1.41. The molecule has 0 saturated heterocycles. The van der Waals surface area contributed by atoms with Crippen LogP contribution in [-0.4, -0.2) is 22.7 Å². The van der Waals surface area contributed by atoms with E-state index in [9.17, 15) is 4.79 Å². The fourth-order valence-electron chi connectivity index (χ4n) is 0.224. The van der Waals surface area contributed by atoms with Crippen LogP contribution in [0.2, 0.25) is 0 Å². The minimum absolute atomic E-state index is 0.0717. The van der Waals surface area contributed by atoms with E-state index < -0.39 is 11.8 Å². The van der Waals surface area contributed by atoms with E-state index in [-0.39, 0.29) is 5.84 Å². The molecule has 0 rings (SSSR count). The summed E-state index contributed by atoms with van der Waals surface area (Å²) < 4.78 is 0. The quantitative estimate of drug-likeness (QED) is 0.301. The minimum Gasteiger partial charge on any atom is -0.475 e. The molecule has 0 unspecified atom stereocenters. The molecule has 0 fully saturated rings. The molecule has 0 bridgehead atoms. The molecule has 50 valence electrons. The summed E-state index contributed by atoms with van der Waals surface area (Å²) in [5.41, 5.74) is 4.98. The van der Waals surface area contributed by atoms with Crippen molar-refractivity contribution in [2.45, 2.75) is 6.92 Å². The lowest BCUT2D eigenvalue weighted by molar-refractivity contribution is -0.129. The lowest BCUT2D eigenvalue weighted by atomic mass is 10.6. The van der Waals surface area contributed by atoms with Gasteiger partial charge in [-0.15, -0.1) is 0 Å². The number of nitrogens with one attached hydrogen (secondary N) is 1. The molecular formula is C4H7N3O2. The summed E-state index contributed by atoms with van der Waals surface area (Å²) in [6.07, 6.45) is 0. The third kappa shape index (κ3) is 3.22. The van der Waals surface area contributed by atoms with Gasteiger partial charge in [-0.2, -0.15) is 0 Å². The van der Waals surface area contributed by atoms with Crippen LogP contribution in [0.25, 0.3) is 0 Å². The number of aliphatic carboxylic acids is 1. The highest BCUT2D eigenvalue weighted by Gasteiger charge is 2.02. The van der Waals surface area contributed by atoms with E-state index in [4.69, 9.17) is 16.2 Å². The number of hydrogen-bond donors (Lipinski definition) is 3. The van der Waals surface area contributed by atoms with Gasteiger partial charge in [-0.3, -0.25) is 5.41 Å². The zero-order chi connectivity index (χ0) is 7.44. The number of amidine groups is 2. The van der Waals surface area contributed by atoms with Crippen LogP contribution >= 0.6 is 0 Å². The first-order valence-corrected chi connectivity index (χ1v) is 2.16. The summed E-state index contributed by atoms with van der Waals surface area (Å²) in [6.45, 7) is 1.41. The lowest BCUT2D eigenvalue weighted by Crippen LogP contribution is -2.14. The summed E-state index contributed by atoms with van der Waals surface area (Å²) in [4.78, 5) is 13.0. The van der Waals surface area contributed by atoms with Crippen LogP contribution in [0.5, 0.6) is 0 Å². The predicted molar refractivity (Wildman–Crippen MR) is 32.7 cm³/mol. The van der Waals surface area contributed by atoms with Crippen molar-refractivity contribution in [1.29, 1.82) is 5.41 Å². The van der Waals surface area contributed by atoms with Gasteiger partial charge >= 0.3 is 5.97 Å². The fourth-order valence-corrected chi connectivity index (χ4v) is 0.224. The van der Waals surface area contributed by atoms with Crippen molar-refractivity contribution in [3.05, 3.63) is 0 Å². The Bertz CT molecular complexity index is 169. The standard InChI is InChI=1S/C4H7N3O2/c1-2(5)7-3(6)4(8)9/h1H3,(H,8,9)(H3,5,6,7). The largest absolute Gasteiger partial charge is 0.475 e. The zero-order valence-corrected chi connectivity index (χ0v) is 4.88. The Balaban J connectivity index is 4.09. The van der Waals surface area contributed by atoms with Gasteiger partial charge in [-0.05, 0) is 6.92 Å². The van der Waals surface area contributed by atoms with Crippen LogP contribution < -0.4 is 5.73 Å². The van der Waals surface area contributed by atoms with E-state index in [1.807, 2.05) is 0 Å². The average Bonchev–Trinajstić information content (AvgIpc) is 1.63. The van der Waals surface area contributed by atoms with Gasteiger partial charge in [0.15, 0.2) is 0 Å². The highest BCUT2D eigenvalue weighted by atomic mass is 16.4. The molecule has 0 saturated carbocycles. The van der Waals surface area contributed by atoms with Crippen LogP contribution in [-0.2, 0) is 4.79 Å². The van der Waals surface area contributed by atoms with Gasteiger partial charge < -0.3 is 10.8 Å². The normalized spacial score (nSPS) is 11.0. The molecule has 0 aromatic carbocycles. The fraction of sp³-hybridized carbons (Fsp3) is 0.250. The Kier molecular flexibility index (Phi) is 2.37. The molecule has 0 atom stereocenters. The lowest BCUT2D eigenvalue weighted by Gasteiger charge is -1.88. The Labute approximate surface area is 51.7 Å². The Morgan fingerprint density at radius 1 is 1.78 bits per heavy atom. The van der Waals surface area contributed by atoms with Crippen molar-refractivity contribution in [2.24, 2.45) is 10.7 Å². The van der Waals surface area contributed by atoms with Gasteiger partial charge in [-0.25, -0.2) is 9.79 Å². The van der Waals surface area contributed by atoms with Crippen LogP contribution in [0, 0.1) is 5.41 Å². The molecule has 5 nitrogen and oxygen atoms in total. The van der Waals surface area contributed by atoms with E-state index in [1.165, 1.54) is 6.92 Å². The van der Waals surface area contributed by atoms with Crippen LogP contribution in [0.15, 0.2) is 4.99 Å². The smallest absolute Gasteiger partial charge is 0.373 e. The van der Waals surface area contributed by atoms with Gasteiger partial charge in [0.1, 0.15) is 0 Å². The van der Waals surface area contributed by atoms with E-state index in [0.29, 0.717) is 0 Å². The Morgan fingerprint density at radius 3 is 2.33 bits per heavy atom.